The quantitative estimate of drug-likeness (QED) is 0.0896. The van der Waals surface area contributed by atoms with Crippen molar-refractivity contribution in [1.82, 2.24) is 0 Å². The number of hydrogen-bond donors (Lipinski definition) is 0. The molecule has 0 aromatic carbocycles. The average Bonchev–Trinajstić information content (AvgIpc) is 2.81. The van der Waals surface area contributed by atoms with E-state index in [1.807, 2.05) is 19.1 Å². The van der Waals surface area contributed by atoms with E-state index in [2.05, 4.69) is 34.6 Å². The van der Waals surface area contributed by atoms with E-state index in [4.69, 9.17) is 4.74 Å². The van der Waals surface area contributed by atoms with Crippen molar-refractivity contribution < 1.29 is 14.3 Å². The van der Waals surface area contributed by atoms with Crippen LogP contribution in [0.15, 0.2) is 24.3 Å². The van der Waals surface area contributed by atoms with Crippen LogP contribution in [-0.2, 0) is 14.3 Å². The molecule has 37 heavy (non-hydrogen) atoms. The normalized spacial score (nSPS) is 11.6. The van der Waals surface area contributed by atoms with Gasteiger partial charge in [0.05, 0.1) is 6.61 Å². The molecule has 3 heteroatoms. The van der Waals surface area contributed by atoms with E-state index >= 15 is 0 Å². The molecule has 0 rings (SSSR count). The summed E-state index contributed by atoms with van der Waals surface area (Å²) in [6.45, 7) is 13.8. The third-order valence-electron chi connectivity index (χ3n) is 6.06. The summed E-state index contributed by atoms with van der Waals surface area (Å²) >= 11 is 0. The van der Waals surface area contributed by atoms with Gasteiger partial charge in [-0.15, -0.1) is 0 Å². The fourth-order valence-corrected chi connectivity index (χ4v) is 3.22. The van der Waals surface area contributed by atoms with Crippen LogP contribution in [0.4, 0.5) is 0 Å². The maximum absolute atomic E-state index is 11.2. The first-order chi connectivity index (χ1) is 15.9. The van der Waals surface area contributed by atoms with E-state index in [0.717, 1.165) is 50.4 Å². The molecule has 0 saturated carbocycles. The van der Waals surface area contributed by atoms with Gasteiger partial charge in [0.25, 0.3) is 0 Å². The van der Waals surface area contributed by atoms with Crippen LogP contribution in [0.5, 0.6) is 0 Å². The van der Waals surface area contributed by atoms with Crippen molar-refractivity contribution in [2.45, 2.75) is 168 Å². The van der Waals surface area contributed by atoms with Gasteiger partial charge in [-0.2, -0.15) is 0 Å². The van der Waals surface area contributed by atoms with Gasteiger partial charge in [-0.1, -0.05) is 141 Å². The molecule has 0 aliphatic heterocycles. The van der Waals surface area contributed by atoms with E-state index in [-0.39, 0.29) is 41.5 Å². The molecule has 0 bridgehead atoms. The molecule has 0 spiro atoms. The topological polar surface area (TPSA) is 43.4 Å². The number of ether oxygens (including phenoxy) is 1. The number of hydrogen-bond acceptors (Lipinski definition) is 3. The van der Waals surface area contributed by atoms with Crippen molar-refractivity contribution in [1.29, 1.82) is 0 Å². The Hall–Kier alpha value is -1.38. The van der Waals surface area contributed by atoms with Crippen molar-refractivity contribution in [3.63, 3.8) is 0 Å². The molecule has 0 heterocycles. The van der Waals surface area contributed by atoms with Crippen LogP contribution >= 0.6 is 0 Å². The molecule has 0 aromatic heterocycles. The third kappa shape index (κ3) is 42.0. The number of rotatable bonds is 20. The first-order valence-corrected chi connectivity index (χ1v) is 13.9. The van der Waals surface area contributed by atoms with Crippen molar-refractivity contribution in [3.05, 3.63) is 24.3 Å². The zero-order valence-corrected chi connectivity index (χ0v) is 23.0. The Morgan fingerprint density at radius 3 is 1.65 bits per heavy atom. The van der Waals surface area contributed by atoms with E-state index in [1.54, 1.807) is 12.2 Å². The van der Waals surface area contributed by atoms with Gasteiger partial charge >= 0.3 is 5.97 Å². The number of ketones is 1. The second-order valence-corrected chi connectivity index (χ2v) is 9.49. The van der Waals surface area contributed by atoms with Gasteiger partial charge in [-0.05, 0) is 50.0 Å². The van der Waals surface area contributed by atoms with Gasteiger partial charge in [0.1, 0.15) is 0 Å². The lowest BCUT2D eigenvalue weighted by atomic mass is 10.0. The Morgan fingerprint density at radius 1 is 0.649 bits per heavy atom. The average molecular weight is 529 g/mol. The number of esters is 1. The van der Waals surface area contributed by atoms with Gasteiger partial charge < -0.3 is 4.74 Å². The Kier molecular flexibility index (Phi) is 51.5. The SMILES string of the molecule is C.C.C.C.CCC/C=C/C(=O)OCCCCC[C@@H](C)CC.CCCC(=O)/C=C/CCCCC[C@@H](C)CC. The van der Waals surface area contributed by atoms with Crippen LogP contribution < -0.4 is 0 Å². The summed E-state index contributed by atoms with van der Waals surface area (Å²) in [6, 6.07) is 0. The predicted octanol–water partition coefficient (Wildman–Crippen LogP) is 11.9. The molecule has 0 unspecified atom stereocenters. The van der Waals surface area contributed by atoms with Crippen LogP contribution in [0.25, 0.3) is 0 Å². The highest BCUT2D eigenvalue weighted by Gasteiger charge is 2.00. The lowest BCUT2D eigenvalue weighted by Crippen LogP contribution is -2.02. The molecular formula is C34H72O3. The fourth-order valence-electron chi connectivity index (χ4n) is 3.22. The second kappa shape index (κ2) is 39.1. The highest BCUT2D eigenvalue weighted by atomic mass is 16.5. The van der Waals surface area contributed by atoms with E-state index < -0.39 is 0 Å². The largest absolute Gasteiger partial charge is 0.463 e. The Balaban J connectivity index is -0.000000117. The van der Waals surface area contributed by atoms with Gasteiger partial charge in [-0.3, -0.25) is 4.79 Å². The lowest BCUT2D eigenvalue weighted by Gasteiger charge is -2.07. The van der Waals surface area contributed by atoms with E-state index in [0.29, 0.717) is 13.0 Å². The van der Waals surface area contributed by atoms with Gasteiger partial charge in [-0.25, -0.2) is 4.79 Å². The maximum atomic E-state index is 11.2. The van der Waals surface area contributed by atoms with Crippen LogP contribution in [0.2, 0.25) is 0 Å². The molecule has 0 radical (unpaired) electrons. The minimum Gasteiger partial charge on any atom is -0.463 e. The smallest absolute Gasteiger partial charge is 0.330 e. The van der Waals surface area contributed by atoms with Crippen molar-refractivity contribution >= 4 is 11.8 Å². The first-order valence-electron chi connectivity index (χ1n) is 13.9. The summed E-state index contributed by atoms with van der Waals surface area (Å²) in [4.78, 5) is 22.4. The van der Waals surface area contributed by atoms with Gasteiger partial charge in [0.15, 0.2) is 5.78 Å². The molecule has 0 fully saturated rings. The highest BCUT2D eigenvalue weighted by Crippen LogP contribution is 2.13. The molecule has 0 aliphatic rings. The van der Waals surface area contributed by atoms with Gasteiger partial charge in [0.2, 0.25) is 0 Å². The summed E-state index contributed by atoms with van der Waals surface area (Å²) < 4.78 is 5.10. The van der Waals surface area contributed by atoms with Crippen LogP contribution in [-0.4, -0.2) is 18.4 Å². The number of unbranched alkanes of at least 4 members (excludes halogenated alkanes) is 6. The molecule has 0 N–H and O–H groups in total. The first kappa shape index (κ1) is 48.7. The summed E-state index contributed by atoms with van der Waals surface area (Å²) in [7, 11) is 0. The lowest BCUT2D eigenvalue weighted by molar-refractivity contribution is -0.137. The second-order valence-electron chi connectivity index (χ2n) is 9.49. The monoisotopic (exact) mass is 529 g/mol. The molecule has 3 nitrogen and oxygen atoms in total. The molecule has 0 aromatic rings. The Labute approximate surface area is 236 Å². The minimum absolute atomic E-state index is 0. The highest BCUT2D eigenvalue weighted by molar-refractivity contribution is 5.89. The third-order valence-corrected chi connectivity index (χ3v) is 6.06. The van der Waals surface area contributed by atoms with Crippen molar-refractivity contribution in [2.24, 2.45) is 11.8 Å². The van der Waals surface area contributed by atoms with E-state index in [1.165, 1.54) is 51.4 Å². The maximum Gasteiger partial charge on any atom is 0.330 e. The number of allylic oxidation sites excluding steroid dienone is 3. The molecule has 0 saturated heterocycles. The summed E-state index contributed by atoms with van der Waals surface area (Å²) in [6.07, 6.45) is 24.4. The Morgan fingerprint density at radius 2 is 1.16 bits per heavy atom. The standard InChI is InChI=1S/C15H28O2.C15H28O.4CH4/c1-4-6-8-12-15(16)17-13-10-7-9-11-14(3)5-2;1-4-11-15(16)13-10-8-6-7-9-12-14(3)5-2;;;;/h8,12,14H,4-7,9-11,13H2,1-3H3;10,13-14H,4-9,11-12H2,1-3H3;4*1H4/b12-8+;13-10+;;;;/t2*14-;;;;/m00..../s1. The minimum atomic E-state index is -0.194. The molecule has 2 atom stereocenters. The summed E-state index contributed by atoms with van der Waals surface area (Å²) in [5, 5.41) is 0. The predicted molar refractivity (Wildman–Crippen MR) is 171 cm³/mol. The van der Waals surface area contributed by atoms with Crippen LogP contribution in [0.3, 0.4) is 0 Å². The summed E-state index contributed by atoms with van der Waals surface area (Å²) in [5.74, 6) is 1.79. The van der Waals surface area contributed by atoms with Crippen molar-refractivity contribution in [2.75, 3.05) is 6.61 Å². The van der Waals surface area contributed by atoms with Crippen LogP contribution in [0, 0.1) is 11.8 Å². The zero-order valence-electron chi connectivity index (χ0n) is 23.0. The van der Waals surface area contributed by atoms with E-state index in [9.17, 15) is 9.59 Å². The molecular weight excluding hydrogens is 456 g/mol. The fraction of sp³-hybridized carbons (Fsp3) is 0.824. The number of carbonyl (C=O) groups excluding carboxylic acids is 2. The molecule has 226 valence electrons. The zero-order chi connectivity index (χ0) is 25.2. The molecule has 0 aliphatic carbocycles. The van der Waals surface area contributed by atoms with Gasteiger partial charge in [0, 0.05) is 12.5 Å². The Bertz CT molecular complexity index is 493. The van der Waals surface area contributed by atoms with Crippen molar-refractivity contribution in [3.8, 4) is 0 Å². The number of carbonyl (C=O) groups is 2. The molecule has 0 amide bonds. The summed E-state index contributed by atoms with van der Waals surface area (Å²) in [5.41, 5.74) is 0. The van der Waals surface area contributed by atoms with Crippen LogP contribution in [0.1, 0.15) is 168 Å².